The van der Waals surface area contributed by atoms with Gasteiger partial charge in [-0.25, -0.2) is 4.99 Å². The van der Waals surface area contributed by atoms with Gasteiger partial charge in [0.15, 0.2) is 5.17 Å². The van der Waals surface area contributed by atoms with Crippen molar-refractivity contribution in [3.8, 4) is 5.75 Å². The number of rotatable bonds is 4. The second kappa shape index (κ2) is 8.45. The van der Waals surface area contributed by atoms with E-state index in [1.165, 1.54) is 23.8 Å². The zero-order valence-electron chi connectivity index (χ0n) is 14.8. The lowest BCUT2D eigenvalue weighted by atomic mass is 10.2. The van der Waals surface area contributed by atoms with Gasteiger partial charge in [-0.2, -0.15) is 0 Å². The fourth-order valence-electron chi connectivity index (χ4n) is 2.51. The van der Waals surface area contributed by atoms with Crippen molar-refractivity contribution in [2.75, 3.05) is 19.5 Å². The first-order valence-corrected chi connectivity index (χ1v) is 9.45. The Morgan fingerprint density at radius 3 is 2.81 bits per heavy atom. The van der Waals surface area contributed by atoms with Crippen LogP contribution in [0.3, 0.4) is 0 Å². The van der Waals surface area contributed by atoms with Gasteiger partial charge in [-0.1, -0.05) is 41.6 Å². The third kappa shape index (κ3) is 4.61. The van der Waals surface area contributed by atoms with Crippen LogP contribution in [0, 0.1) is 0 Å². The second-order valence-corrected chi connectivity index (χ2v) is 7.43. The lowest BCUT2D eigenvalue weighted by Crippen LogP contribution is -2.43. The van der Waals surface area contributed by atoms with Gasteiger partial charge >= 0.3 is 0 Å². The largest absolute Gasteiger partial charge is 0.495 e. The molecule has 6 nitrogen and oxygen atoms in total. The Hall–Kier alpha value is -2.51. The number of hydrogen-bond donors (Lipinski definition) is 1. The summed E-state index contributed by atoms with van der Waals surface area (Å²) in [6.07, 6.45) is 0.0940. The Kier molecular flexibility index (Phi) is 6.03. The standard InChI is InChI=1S/C19H18ClN3O3S/c1-23-17(24)11-16(18(25)22-14-8-3-4-9-15(14)26-2)27-19(23)21-13-7-5-6-12(20)10-13/h3-10,16H,11H2,1-2H3,(H,22,25). The number of thioether (sulfide) groups is 1. The second-order valence-electron chi connectivity index (χ2n) is 5.83. The molecule has 0 saturated carbocycles. The molecule has 3 rings (SSSR count). The summed E-state index contributed by atoms with van der Waals surface area (Å²) in [6, 6.07) is 14.1. The number of carbonyl (C=O) groups excluding carboxylic acids is 2. The Morgan fingerprint density at radius 2 is 2.07 bits per heavy atom. The third-order valence-electron chi connectivity index (χ3n) is 3.96. The zero-order valence-corrected chi connectivity index (χ0v) is 16.4. The number of para-hydroxylation sites is 2. The lowest BCUT2D eigenvalue weighted by Gasteiger charge is -2.29. The van der Waals surface area contributed by atoms with Gasteiger partial charge < -0.3 is 10.1 Å². The van der Waals surface area contributed by atoms with E-state index in [1.54, 1.807) is 49.5 Å². The van der Waals surface area contributed by atoms with Crippen molar-refractivity contribution in [2.45, 2.75) is 11.7 Å². The van der Waals surface area contributed by atoms with Gasteiger partial charge in [0.2, 0.25) is 11.8 Å². The number of amides is 2. The number of ether oxygens (including phenoxy) is 1. The van der Waals surface area contributed by atoms with Crippen LogP contribution < -0.4 is 10.1 Å². The summed E-state index contributed by atoms with van der Waals surface area (Å²) >= 11 is 7.24. The molecule has 1 unspecified atom stereocenters. The van der Waals surface area contributed by atoms with Gasteiger partial charge in [-0.3, -0.25) is 14.5 Å². The highest BCUT2D eigenvalue weighted by molar-refractivity contribution is 8.15. The summed E-state index contributed by atoms with van der Waals surface area (Å²) in [5.74, 6) is 0.113. The molecule has 1 N–H and O–H groups in total. The fourth-order valence-corrected chi connectivity index (χ4v) is 3.76. The normalized spacial score (nSPS) is 18.5. The molecule has 8 heteroatoms. The summed E-state index contributed by atoms with van der Waals surface area (Å²) in [4.78, 5) is 31.0. The quantitative estimate of drug-likeness (QED) is 0.839. The number of amidine groups is 1. The molecular weight excluding hydrogens is 386 g/mol. The van der Waals surface area contributed by atoms with Gasteiger partial charge in [-0.05, 0) is 30.3 Å². The average molecular weight is 404 g/mol. The number of carbonyl (C=O) groups is 2. The number of aliphatic imine (C=N–C) groups is 1. The molecule has 1 aliphatic heterocycles. The molecule has 1 aliphatic rings. The van der Waals surface area contributed by atoms with E-state index in [4.69, 9.17) is 16.3 Å². The van der Waals surface area contributed by atoms with Gasteiger partial charge in [0.05, 0.1) is 18.5 Å². The van der Waals surface area contributed by atoms with Crippen molar-refractivity contribution in [1.82, 2.24) is 4.90 Å². The number of methoxy groups -OCH3 is 1. The summed E-state index contributed by atoms with van der Waals surface area (Å²) in [7, 11) is 3.18. The number of hydrogen-bond acceptors (Lipinski definition) is 5. The minimum atomic E-state index is -0.587. The van der Waals surface area contributed by atoms with Crippen molar-refractivity contribution in [2.24, 2.45) is 4.99 Å². The van der Waals surface area contributed by atoms with Gasteiger partial charge in [0.25, 0.3) is 0 Å². The van der Waals surface area contributed by atoms with E-state index >= 15 is 0 Å². The van der Waals surface area contributed by atoms with E-state index in [0.29, 0.717) is 27.3 Å². The molecule has 0 aromatic heterocycles. The minimum Gasteiger partial charge on any atom is -0.495 e. The van der Waals surface area contributed by atoms with Crippen LogP contribution in [0.25, 0.3) is 0 Å². The van der Waals surface area contributed by atoms with Crippen LogP contribution in [0.4, 0.5) is 11.4 Å². The summed E-state index contributed by atoms with van der Waals surface area (Å²) < 4.78 is 5.25. The maximum Gasteiger partial charge on any atom is 0.238 e. The predicted octanol–water partition coefficient (Wildman–Crippen LogP) is 3.94. The van der Waals surface area contributed by atoms with E-state index in [9.17, 15) is 9.59 Å². The molecule has 1 saturated heterocycles. The van der Waals surface area contributed by atoms with Gasteiger partial charge in [0.1, 0.15) is 11.0 Å². The first-order chi connectivity index (χ1) is 13.0. The summed E-state index contributed by atoms with van der Waals surface area (Å²) in [6.45, 7) is 0. The Bertz CT molecular complexity index is 903. The van der Waals surface area contributed by atoms with Gasteiger partial charge in [-0.15, -0.1) is 0 Å². The number of nitrogens with one attached hydrogen (secondary N) is 1. The summed E-state index contributed by atoms with van der Waals surface area (Å²) in [5, 5.41) is 3.25. The molecule has 27 heavy (non-hydrogen) atoms. The van der Waals surface area contributed by atoms with E-state index in [-0.39, 0.29) is 18.2 Å². The first kappa shape index (κ1) is 19.3. The van der Waals surface area contributed by atoms with Crippen molar-refractivity contribution < 1.29 is 14.3 Å². The van der Waals surface area contributed by atoms with Crippen LogP contribution in [-0.4, -0.2) is 41.3 Å². The number of nitrogens with zero attached hydrogens (tertiary/aromatic N) is 2. The van der Waals surface area contributed by atoms with E-state index in [0.717, 1.165) is 0 Å². The van der Waals surface area contributed by atoms with E-state index in [1.807, 2.05) is 6.07 Å². The van der Waals surface area contributed by atoms with Crippen molar-refractivity contribution in [1.29, 1.82) is 0 Å². The highest BCUT2D eigenvalue weighted by atomic mass is 35.5. The van der Waals surface area contributed by atoms with Crippen LogP contribution >= 0.6 is 23.4 Å². The molecule has 0 bridgehead atoms. The monoisotopic (exact) mass is 403 g/mol. The molecule has 1 heterocycles. The van der Waals surface area contributed by atoms with Crippen LogP contribution in [-0.2, 0) is 9.59 Å². The summed E-state index contributed by atoms with van der Waals surface area (Å²) in [5.41, 5.74) is 1.18. The molecular formula is C19H18ClN3O3S. The SMILES string of the molecule is COc1ccccc1NC(=O)C1CC(=O)N(C)C(=Nc2cccc(Cl)c2)S1. The fraction of sp³-hybridized carbons (Fsp3) is 0.211. The minimum absolute atomic E-state index is 0.0940. The molecule has 2 aromatic rings. The van der Waals surface area contributed by atoms with E-state index < -0.39 is 5.25 Å². The van der Waals surface area contributed by atoms with Crippen LogP contribution in [0.5, 0.6) is 5.75 Å². The van der Waals surface area contributed by atoms with Crippen LogP contribution in [0.1, 0.15) is 6.42 Å². The molecule has 2 aromatic carbocycles. The average Bonchev–Trinajstić information content (AvgIpc) is 2.65. The lowest BCUT2D eigenvalue weighted by molar-refractivity contribution is -0.128. The van der Waals surface area contributed by atoms with Crippen LogP contribution in [0.2, 0.25) is 5.02 Å². The molecule has 2 amide bonds. The predicted molar refractivity (Wildman–Crippen MR) is 109 cm³/mol. The van der Waals surface area contributed by atoms with E-state index in [2.05, 4.69) is 10.3 Å². The van der Waals surface area contributed by atoms with Crippen LogP contribution in [0.15, 0.2) is 53.5 Å². The smallest absolute Gasteiger partial charge is 0.238 e. The van der Waals surface area contributed by atoms with Crippen molar-refractivity contribution in [3.05, 3.63) is 53.6 Å². The number of anilines is 1. The third-order valence-corrected chi connectivity index (χ3v) is 5.44. The maximum absolute atomic E-state index is 12.7. The molecule has 0 radical (unpaired) electrons. The molecule has 140 valence electrons. The van der Waals surface area contributed by atoms with Crippen molar-refractivity contribution >= 4 is 51.7 Å². The Balaban J connectivity index is 1.80. The zero-order chi connectivity index (χ0) is 19.4. The van der Waals surface area contributed by atoms with Gasteiger partial charge in [0, 0.05) is 18.5 Å². The number of halogens is 1. The maximum atomic E-state index is 12.7. The van der Waals surface area contributed by atoms with Crippen molar-refractivity contribution in [3.63, 3.8) is 0 Å². The first-order valence-electron chi connectivity index (χ1n) is 8.19. The number of benzene rings is 2. The topological polar surface area (TPSA) is 71.0 Å². The Labute approximate surface area is 166 Å². The molecule has 0 aliphatic carbocycles. The molecule has 0 spiro atoms. The highest BCUT2D eigenvalue weighted by Gasteiger charge is 2.34. The molecule has 1 fully saturated rings. The highest BCUT2D eigenvalue weighted by Crippen LogP contribution is 2.31. The Morgan fingerprint density at radius 1 is 1.30 bits per heavy atom. The molecule has 1 atom stereocenters.